The first-order valence-electron chi connectivity index (χ1n) is 11.6. The molecule has 0 N–H and O–H groups in total. The van der Waals surface area contributed by atoms with Gasteiger partial charge in [0.15, 0.2) is 5.82 Å². The van der Waals surface area contributed by atoms with Crippen molar-refractivity contribution in [3.63, 3.8) is 0 Å². The monoisotopic (exact) mass is 404 g/mol. The largest absolute Gasteiger partial charge is 0.341 e. The molecule has 3 aliphatic rings. The summed E-state index contributed by atoms with van der Waals surface area (Å²) in [5.41, 5.74) is 1.70. The molecule has 1 aromatic carbocycles. The van der Waals surface area contributed by atoms with Gasteiger partial charge in [-0.1, -0.05) is 13.8 Å². The highest BCUT2D eigenvalue weighted by molar-refractivity contribution is 5.59. The Kier molecular flexibility index (Phi) is 5.24. The van der Waals surface area contributed by atoms with Crippen molar-refractivity contribution in [1.82, 2.24) is 19.7 Å². The number of benzene rings is 1. The molecular formula is C24H32N6. The molecule has 2 aromatic rings. The summed E-state index contributed by atoms with van der Waals surface area (Å²) in [5, 5.41) is 18.4. The van der Waals surface area contributed by atoms with Gasteiger partial charge >= 0.3 is 0 Å². The minimum atomic E-state index is 0.509. The van der Waals surface area contributed by atoms with Crippen LogP contribution in [0.3, 0.4) is 0 Å². The molecule has 0 spiro atoms. The third-order valence-electron chi connectivity index (χ3n) is 6.96. The van der Waals surface area contributed by atoms with Crippen LogP contribution >= 0.6 is 0 Å². The Morgan fingerprint density at radius 1 is 1.07 bits per heavy atom. The first-order valence-corrected chi connectivity index (χ1v) is 11.6. The van der Waals surface area contributed by atoms with Crippen LogP contribution in [-0.4, -0.2) is 51.4 Å². The fourth-order valence-electron chi connectivity index (χ4n) is 5.45. The summed E-state index contributed by atoms with van der Waals surface area (Å²) in [6, 6.07) is 11.5. The first kappa shape index (κ1) is 19.6. The van der Waals surface area contributed by atoms with Crippen LogP contribution in [0.4, 0.5) is 5.95 Å². The molecule has 0 amide bonds. The van der Waals surface area contributed by atoms with E-state index in [1.165, 1.54) is 38.6 Å². The summed E-state index contributed by atoms with van der Waals surface area (Å²) in [5.74, 6) is 3.18. The number of piperidine rings is 2. The molecule has 30 heavy (non-hydrogen) atoms. The normalized spacial score (nSPS) is 24.7. The van der Waals surface area contributed by atoms with Gasteiger partial charge in [0.1, 0.15) is 0 Å². The van der Waals surface area contributed by atoms with Crippen molar-refractivity contribution in [2.45, 2.75) is 64.6 Å². The fourth-order valence-corrected chi connectivity index (χ4v) is 5.45. The van der Waals surface area contributed by atoms with E-state index in [0.717, 1.165) is 55.0 Å². The van der Waals surface area contributed by atoms with Crippen LogP contribution in [0.25, 0.3) is 11.4 Å². The van der Waals surface area contributed by atoms with Crippen molar-refractivity contribution in [2.75, 3.05) is 24.5 Å². The lowest BCUT2D eigenvalue weighted by atomic mass is 9.84. The highest BCUT2D eigenvalue weighted by Gasteiger charge is 2.42. The number of aromatic nitrogens is 3. The molecule has 158 valence electrons. The zero-order chi connectivity index (χ0) is 20.7. The zero-order valence-corrected chi connectivity index (χ0v) is 18.2. The Hall–Kier alpha value is -2.39. The van der Waals surface area contributed by atoms with Gasteiger partial charge in [0.25, 0.3) is 0 Å². The van der Waals surface area contributed by atoms with Gasteiger partial charge in [0, 0.05) is 37.3 Å². The predicted octanol–water partition coefficient (Wildman–Crippen LogP) is 3.93. The SMILES string of the molecule is CC(C)Cn1c(-c2ccc(C#N)cc2)nnc1N1CCC2C(CCCN2C2CC2)C1. The van der Waals surface area contributed by atoms with E-state index >= 15 is 0 Å². The second-order valence-electron chi connectivity index (χ2n) is 9.69. The minimum Gasteiger partial charge on any atom is -0.341 e. The smallest absolute Gasteiger partial charge is 0.227 e. The minimum absolute atomic E-state index is 0.509. The van der Waals surface area contributed by atoms with Gasteiger partial charge < -0.3 is 4.90 Å². The maximum Gasteiger partial charge on any atom is 0.227 e. The van der Waals surface area contributed by atoms with Crippen LogP contribution in [0.2, 0.25) is 0 Å². The Bertz CT molecular complexity index is 920. The van der Waals surface area contributed by atoms with Gasteiger partial charge in [0.05, 0.1) is 11.6 Å². The molecule has 2 saturated heterocycles. The third-order valence-corrected chi connectivity index (χ3v) is 6.96. The highest BCUT2D eigenvalue weighted by atomic mass is 15.4. The lowest BCUT2D eigenvalue weighted by Crippen LogP contribution is -2.55. The van der Waals surface area contributed by atoms with Gasteiger partial charge in [0.2, 0.25) is 5.95 Å². The molecule has 2 unspecified atom stereocenters. The first-order chi connectivity index (χ1) is 14.6. The number of fused-ring (bicyclic) bond motifs is 1. The van der Waals surface area contributed by atoms with Crippen LogP contribution in [0.15, 0.2) is 24.3 Å². The fraction of sp³-hybridized carbons (Fsp3) is 0.625. The topological polar surface area (TPSA) is 61.0 Å². The maximum absolute atomic E-state index is 9.11. The molecule has 5 rings (SSSR count). The molecule has 6 heteroatoms. The number of likely N-dealkylation sites (tertiary alicyclic amines) is 1. The summed E-state index contributed by atoms with van der Waals surface area (Å²) in [6.45, 7) is 8.85. The van der Waals surface area contributed by atoms with Crippen molar-refractivity contribution in [1.29, 1.82) is 5.26 Å². The Balaban J connectivity index is 1.41. The van der Waals surface area contributed by atoms with Crippen molar-refractivity contribution in [3.05, 3.63) is 29.8 Å². The molecule has 0 radical (unpaired) electrons. The van der Waals surface area contributed by atoms with E-state index in [2.05, 4.69) is 44.5 Å². The number of hydrogen-bond acceptors (Lipinski definition) is 5. The molecule has 0 bridgehead atoms. The van der Waals surface area contributed by atoms with Crippen LogP contribution in [-0.2, 0) is 6.54 Å². The average molecular weight is 405 g/mol. The Morgan fingerprint density at radius 3 is 2.57 bits per heavy atom. The standard InChI is InChI=1S/C24H32N6/c1-17(2)15-30-23(19-7-5-18(14-25)6-8-19)26-27-24(30)28-13-11-22-20(16-28)4-3-12-29(22)21-9-10-21/h5-8,17,20-22H,3-4,9-13,15-16H2,1-2H3. The highest BCUT2D eigenvalue weighted by Crippen LogP contribution is 2.39. The lowest BCUT2D eigenvalue weighted by Gasteiger charge is -2.47. The molecular weight excluding hydrogens is 372 g/mol. The molecule has 3 heterocycles. The lowest BCUT2D eigenvalue weighted by molar-refractivity contribution is 0.0692. The van der Waals surface area contributed by atoms with Gasteiger partial charge in [-0.05, 0) is 74.8 Å². The molecule has 2 atom stereocenters. The number of anilines is 1. The van der Waals surface area contributed by atoms with E-state index in [9.17, 15) is 0 Å². The van der Waals surface area contributed by atoms with Crippen molar-refractivity contribution >= 4 is 5.95 Å². The number of nitrogens with zero attached hydrogens (tertiary/aromatic N) is 6. The van der Waals surface area contributed by atoms with E-state index in [-0.39, 0.29) is 0 Å². The zero-order valence-electron chi connectivity index (χ0n) is 18.2. The van der Waals surface area contributed by atoms with Crippen molar-refractivity contribution < 1.29 is 0 Å². The summed E-state index contributed by atoms with van der Waals surface area (Å²) in [4.78, 5) is 5.31. The molecule has 6 nitrogen and oxygen atoms in total. The second kappa shape index (κ2) is 8.03. The Labute approximate surface area is 179 Å². The summed E-state index contributed by atoms with van der Waals surface area (Å²) in [7, 11) is 0. The third kappa shape index (κ3) is 3.72. The average Bonchev–Trinajstić information content (AvgIpc) is 3.53. The van der Waals surface area contributed by atoms with E-state index in [4.69, 9.17) is 5.26 Å². The van der Waals surface area contributed by atoms with Crippen molar-refractivity contribution in [3.8, 4) is 17.5 Å². The van der Waals surface area contributed by atoms with Crippen LogP contribution in [0.1, 0.15) is 51.5 Å². The number of nitriles is 1. The number of hydrogen-bond donors (Lipinski definition) is 0. The summed E-state index contributed by atoms with van der Waals surface area (Å²) >= 11 is 0. The predicted molar refractivity (Wildman–Crippen MR) is 118 cm³/mol. The Morgan fingerprint density at radius 2 is 1.87 bits per heavy atom. The number of rotatable bonds is 5. The van der Waals surface area contributed by atoms with E-state index < -0.39 is 0 Å². The molecule has 3 fully saturated rings. The van der Waals surface area contributed by atoms with Crippen molar-refractivity contribution in [2.24, 2.45) is 11.8 Å². The van der Waals surface area contributed by atoms with Crippen LogP contribution in [0, 0.1) is 23.2 Å². The van der Waals surface area contributed by atoms with Gasteiger partial charge in [-0.2, -0.15) is 5.26 Å². The van der Waals surface area contributed by atoms with Crippen LogP contribution < -0.4 is 4.90 Å². The van der Waals surface area contributed by atoms with Gasteiger partial charge in [-0.3, -0.25) is 9.47 Å². The van der Waals surface area contributed by atoms with E-state index in [1.807, 2.05) is 24.3 Å². The quantitative estimate of drug-likeness (QED) is 0.756. The molecule has 1 aliphatic carbocycles. The van der Waals surface area contributed by atoms with Gasteiger partial charge in [-0.15, -0.1) is 10.2 Å². The van der Waals surface area contributed by atoms with E-state index in [1.54, 1.807) is 0 Å². The maximum atomic E-state index is 9.11. The van der Waals surface area contributed by atoms with Crippen LogP contribution in [0.5, 0.6) is 0 Å². The summed E-state index contributed by atoms with van der Waals surface area (Å²) < 4.78 is 2.30. The molecule has 2 aliphatic heterocycles. The summed E-state index contributed by atoms with van der Waals surface area (Å²) in [6.07, 6.45) is 6.72. The van der Waals surface area contributed by atoms with E-state index in [0.29, 0.717) is 11.5 Å². The molecule has 1 saturated carbocycles. The molecule has 1 aromatic heterocycles. The van der Waals surface area contributed by atoms with Gasteiger partial charge in [-0.25, -0.2) is 0 Å². The second-order valence-corrected chi connectivity index (χ2v) is 9.69.